The molecule has 3 aromatic heterocycles. The van der Waals surface area contributed by atoms with Gasteiger partial charge in [0.25, 0.3) is 0 Å². The summed E-state index contributed by atoms with van der Waals surface area (Å²) < 4.78 is 1.91. The molecule has 0 atom stereocenters. The van der Waals surface area contributed by atoms with Gasteiger partial charge in [0, 0.05) is 23.3 Å². The van der Waals surface area contributed by atoms with E-state index in [0.29, 0.717) is 6.54 Å². The maximum Gasteiger partial charge on any atom is 0.206 e. The highest BCUT2D eigenvalue weighted by molar-refractivity contribution is 7.14. The Labute approximate surface area is 142 Å². The van der Waals surface area contributed by atoms with Crippen molar-refractivity contribution in [3.05, 3.63) is 70.4 Å². The van der Waals surface area contributed by atoms with Gasteiger partial charge in [-0.15, -0.1) is 29.3 Å². The molecule has 0 N–H and O–H groups in total. The quantitative estimate of drug-likeness (QED) is 0.511. The lowest BCUT2D eigenvalue weighted by Crippen LogP contribution is -2.14. The molecule has 23 heavy (non-hydrogen) atoms. The van der Waals surface area contributed by atoms with Crippen LogP contribution in [0.2, 0.25) is 0 Å². The first-order valence-corrected chi connectivity index (χ1v) is 8.87. The Hall–Kier alpha value is -2.31. The van der Waals surface area contributed by atoms with Crippen molar-refractivity contribution in [1.82, 2.24) is 9.66 Å². The summed E-state index contributed by atoms with van der Waals surface area (Å²) in [6, 6.07) is 8.05. The van der Waals surface area contributed by atoms with Crippen LogP contribution in [0.3, 0.4) is 0 Å². The summed E-state index contributed by atoms with van der Waals surface area (Å²) >= 11 is 3.28. The van der Waals surface area contributed by atoms with E-state index in [0.717, 1.165) is 21.8 Å². The van der Waals surface area contributed by atoms with E-state index in [4.69, 9.17) is 5.10 Å². The second-order valence-corrected chi connectivity index (χ2v) is 6.53. The van der Waals surface area contributed by atoms with E-state index in [1.165, 1.54) is 4.88 Å². The zero-order valence-electron chi connectivity index (χ0n) is 12.7. The largest absolute Gasteiger partial charge is 0.265 e. The summed E-state index contributed by atoms with van der Waals surface area (Å²) in [5.41, 5.74) is 3.02. The minimum Gasteiger partial charge on any atom is -0.265 e. The molecule has 0 saturated heterocycles. The number of hydrogen-bond acceptors (Lipinski definition) is 5. The van der Waals surface area contributed by atoms with E-state index in [2.05, 4.69) is 33.4 Å². The molecule has 0 aliphatic carbocycles. The Kier molecular flexibility index (Phi) is 4.95. The van der Waals surface area contributed by atoms with Crippen LogP contribution in [0.1, 0.15) is 12.5 Å². The zero-order valence-corrected chi connectivity index (χ0v) is 14.3. The molecule has 0 saturated carbocycles. The van der Waals surface area contributed by atoms with Gasteiger partial charge in [-0.2, -0.15) is 5.10 Å². The number of nitrogens with zero attached hydrogens (tertiary/aromatic N) is 4. The van der Waals surface area contributed by atoms with Gasteiger partial charge in [-0.3, -0.25) is 9.98 Å². The Balaban J connectivity index is 2.12. The van der Waals surface area contributed by atoms with Gasteiger partial charge in [-0.1, -0.05) is 12.1 Å². The van der Waals surface area contributed by atoms with Gasteiger partial charge in [0.15, 0.2) is 0 Å². The monoisotopic (exact) mass is 340 g/mol. The second kappa shape index (κ2) is 7.30. The van der Waals surface area contributed by atoms with Crippen molar-refractivity contribution in [2.75, 3.05) is 6.54 Å². The van der Waals surface area contributed by atoms with E-state index in [-0.39, 0.29) is 0 Å². The highest BCUT2D eigenvalue weighted by atomic mass is 32.1. The third-order valence-corrected chi connectivity index (χ3v) is 4.91. The first-order chi connectivity index (χ1) is 11.3. The SMILES string of the molecule is C=CCN=c1scc(-c2cccs2)n1N=C(C)c1ccncc1. The van der Waals surface area contributed by atoms with Crippen LogP contribution in [0.4, 0.5) is 0 Å². The zero-order chi connectivity index (χ0) is 16.1. The molecule has 0 radical (unpaired) electrons. The van der Waals surface area contributed by atoms with Gasteiger partial charge in [-0.05, 0) is 30.5 Å². The van der Waals surface area contributed by atoms with Crippen LogP contribution >= 0.6 is 22.7 Å². The molecule has 6 heteroatoms. The number of thiophene rings is 1. The maximum absolute atomic E-state index is 4.79. The Bertz CT molecular complexity index is 871. The number of hydrogen-bond donors (Lipinski definition) is 0. The Morgan fingerprint density at radius 2 is 2.13 bits per heavy atom. The number of pyridine rings is 1. The van der Waals surface area contributed by atoms with E-state index >= 15 is 0 Å². The summed E-state index contributed by atoms with van der Waals surface area (Å²) in [5, 5.41) is 8.95. The number of rotatable bonds is 5. The molecule has 0 aromatic carbocycles. The van der Waals surface area contributed by atoms with Crippen LogP contribution in [0.25, 0.3) is 10.6 Å². The highest BCUT2D eigenvalue weighted by Gasteiger charge is 2.09. The molecule has 3 rings (SSSR count). The van der Waals surface area contributed by atoms with Crippen LogP contribution in [0, 0.1) is 0 Å². The fraction of sp³-hybridized carbons (Fsp3) is 0.118. The smallest absolute Gasteiger partial charge is 0.206 e. The fourth-order valence-electron chi connectivity index (χ4n) is 2.04. The first-order valence-electron chi connectivity index (χ1n) is 7.11. The van der Waals surface area contributed by atoms with E-state index in [1.54, 1.807) is 41.1 Å². The molecule has 4 nitrogen and oxygen atoms in total. The van der Waals surface area contributed by atoms with E-state index in [1.807, 2.05) is 29.8 Å². The van der Waals surface area contributed by atoms with Gasteiger partial charge < -0.3 is 0 Å². The van der Waals surface area contributed by atoms with Crippen molar-refractivity contribution in [3.63, 3.8) is 0 Å². The molecule has 3 aromatic rings. The number of thiazole rings is 1. The lowest BCUT2D eigenvalue weighted by atomic mass is 10.2. The van der Waals surface area contributed by atoms with Crippen LogP contribution in [0.15, 0.2) is 70.2 Å². The van der Waals surface area contributed by atoms with Crippen molar-refractivity contribution in [1.29, 1.82) is 0 Å². The average Bonchev–Trinajstić information content (AvgIpc) is 3.23. The van der Waals surface area contributed by atoms with Gasteiger partial charge in [-0.25, -0.2) is 4.68 Å². The number of aromatic nitrogens is 2. The lowest BCUT2D eigenvalue weighted by Gasteiger charge is -2.04. The summed E-state index contributed by atoms with van der Waals surface area (Å²) in [4.78, 5) is 10.6. The third-order valence-electron chi connectivity index (χ3n) is 3.16. The molecule has 3 heterocycles. The molecule has 0 bridgehead atoms. The molecule has 0 spiro atoms. The van der Waals surface area contributed by atoms with E-state index in [9.17, 15) is 0 Å². The van der Waals surface area contributed by atoms with Crippen LogP contribution in [-0.2, 0) is 0 Å². The van der Waals surface area contributed by atoms with Crippen LogP contribution < -0.4 is 4.80 Å². The molecule has 0 aliphatic rings. The topological polar surface area (TPSA) is 42.5 Å². The minimum absolute atomic E-state index is 0.578. The van der Waals surface area contributed by atoms with Crippen molar-refractivity contribution < 1.29 is 0 Å². The molecule has 0 aliphatic heterocycles. The molecule has 0 amide bonds. The predicted molar refractivity (Wildman–Crippen MR) is 98.1 cm³/mol. The Morgan fingerprint density at radius 3 is 2.83 bits per heavy atom. The molecule has 116 valence electrons. The fourth-order valence-corrected chi connectivity index (χ4v) is 3.68. The van der Waals surface area contributed by atoms with Crippen molar-refractivity contribution in [2.45, 2.75) is 6.92 Å². The van der Waals surface area contributed by atoms with Gasteiger partial charge in [0.1, 0.15) is 0 Å². The standard InChI is InChI=1S/C17H16N4S2/c1-3-8-19-17-21(15(12-23-17)16-5-4-11-22-16)20-13(2)14-6-9-18-10-7-14/h3-7,9-12H,1,8H2,2H3. The van der Waals surface area contributed by atoms with Crippen LogP contribution in [0.5, 0.6) is 0 Å². The van der Waals surface area contributed by atoms with E-state index < -0.39 is 0 Å². The molecule has 0 fully saturated rings. The third kappa shape index (κ3) is 3.55. The minimum atomic E-state index is 0.578. The predicted octanol–water partition coefficient (Wildman–Crippen LogP) is 4.03. The first kappa shape index (κ1) is 15.6. The van der Waals surface area contributed by atoms with Crippen molar-refractivity contribution in [3.8, 4) is 10.6 Å². The normalized spacial score (nSPS) is 12.6. The summed E-state index contributed by atoms with van der Waals surface area (Å²) in [6.45, 7) is 6.30. The van der Waals surface area contributed by atoms with Crippen molar-refractivity contribution >= 4 is 28.4 Å². The van der Waals surface area contributed by atoms with Crippen LogP contribution in [-0.4, -0.2) is 21.9 Å². The summed E-state index contributed by atoms with van der Waals surface area (Å²) in [6.07, 6.45) is 5.33. The Morgan fingerprint density at radius 1 is 1.30 bits per heavy atom. The lowest BCUT2D eigenvalue weighted by molar-refractivity contribution is 0.836. The second-order valence-electron chi connectivity index (χ2n) is 4.74. The van der Waals surface area contributed by atoms with Gasteiger partial charge >= 0.3 is 0 Å². The molecule has 0 unspecified atom stereocenters. The average molecular weight is 340 g/mol. The van der Waals surface area contributed by atoms with Gasteiger partial charge in [0.2, 0.25) is 4.80 Å². The van der Waals surface area contributed by atoms with Crippen molar-refractivity contribution in [2.24, 2.45) is 10.1 Å². The molecular formula is C17H16N4S2. The summed E-state index contributed by atoms with van der Waals surface area (Å²) in [5.74, 6) is 0. The highest BCUT2D eigenvalue weighted by Crippen LogP contribution is 2.25. The summed E-state index contributed by atoms with van der Waals surface area (Å²) in [7, 11) is 0. The molecular weight excluding hydrogens is 324 g/mol. The van der Waals surface area contributed by atoms with Gasteiger partial charge in [0.05, 0.1) is 22.8 Å². The maximum atomic E-state index is 4.79.